The van der Waals surface area contributed by atoms with Crippen LogP contribution < -0.4 is 4.74 Å². The number of hydrogen-bond donors (Lipinski definition) is 0. The highest BCUT2D eigenvalue weighted by molar-refractivity contribution is 5.36. The summed E-state index contributed by atoms with van der Waals surface area (Å²) in [6, 6.07) is 0.453. The number of hydrogen-bond acceptors (Lipinski definition) is 3. The van der Waals surface area contributed by atoms with Gasteiger partial charge in [-0.2, -0.15) is 0 Å². The summed E-state index contributed by atoms with van der Waals surface area (Å²) >= 11 is 0. The van der Waals surface area contributed by atoms with Crippen molar-refractivity contribution in [3.05, 3.63) is 29.1 Å². The molecule has 0 N–H and O–H groups in total. The minimum atomic E-state index is -1.26. The zero-order valence-electron chi connectivity index (χ0n) is 10.5. The lowest BCUT2D eigenvalue weighted by Crippen LogP contribution is -2.22. The molecule has 1 unspecified atom stereocenters. The molecule has 1 atom stereocenters. The molecule has 1 saturated heterocycles. The molecule has 0 amide bonds. The zero-order valence-corrected chi connectivity index (χ0v) is 10.5. The third-order valence-electron chi connectivity index (χ3n) is 2.97. The zero-order chi connectivity index (χ0) is 13.8. The Morgan fingerprint density at radius 2 is 2.05 bits per heavy atom. The first-order chi connectivity index (χ1) is 9.13. The Hall–Kier alpha value is -1.27. The van der Waals surface area contributed by atoms with Gasteiger partial charge in [0, 0.05) is 12.7 Å². The number of halogens is 3. The maximum Gasteiger partial charge on any atom is 0.168 e. The lowest BCUT2D eigenvalue weighted by Gasteiger charge is -2.23. The van der Waals surface area contributed by atoms with Crippen LogP contribution in [0.3, 0.4) is 0 Å². The molecule has 1 fully saturated rings. The molecule has 19 heavy (non-hydrogen) atoms. The van der Waals surface area contributed by atoms with Gasteiger partial charge in [-0.3, -0.25) is 0 Å². The van der Waals surface area contributed by atoms with Gasteiger partial charge in [0.05, 0.1) is 19.3 Å². The summed E-state index contributed by atoms with van der Waals surface area (Å²) in [7, 11) is 1.19. The predicted molar refractivity (Wildman–Crippen MR) is 61.2 cm³/mol. The Morgan fingerprint density at radius 3 is 2.68 bits per heavy atom. The van der Waals surface area contributed by atoms with Gasteiger partial charge in [-0.1, -0.05) is 0 Å². The average molecular weight is 276 g/mol. The van der Waals surface area contributed by atoms with E-state index in [2.05, 4.69) is 0 Å². The van der Waals surface area contributed by atoms with Gasteiger partial charge in [0.25, 0.3) is 0 Å². The van der Waals surface area contributed by atoms with Gasteiger partial charge in [0.1, 0.15) is 0 Å². The SMILES string of the molecule is COc1c(F)cc(F)c(F)c1COC1CCCCO1. The topological polar surface area (TPSA) is 27.7 Å². The molecular weight excluding hydrogens is 261 g/mol. The van der Waals surface area contributed by atoms with E-state index in [-0.39, 0.29) is 17.9 Å². The summed E-state index contributed by atoms with van der Waals surface area (Å²) < 4.78 is 55.6. The Labute approximate surface area is 109 Å². The fourth-order valence-electron chi connectivity index (χ4n) is 2.00. The molecule has 0 radical (unpaired) electrons. The van der Waals surface area contributed by atoms with Crippen molar-refractivity contribution in [1.29, 1.82) is 0 Å². The van der Waals surface area contributed by atoms with Crippen molar-refractivity contribution >= 4 is 0 Å². The fraction of sp³-hybridized carbons (Fsp3) is 0.538. The third kappa shape index (κ3) is 3.19. The first kappa shape index (κ1) is 14.1. The first-order valence-corrected chi connectivity index (χ1v) is 6.07. The smallest absolute Gasteiger partial charge is 0.168 e. The highest BCUT2D eigenvalue weighted by Gasteiger charge is 2.22. The lowest BCUT2D eigenvalue weighted by molar-refractivity contribution is -0.169. The van der Waals surface area contributed by atoms with Gasteiger partial charge in [-0.05, 0) is 19.3 Å². The van der Waals surface area contributed by atoms with Crippen LogP contribution in [-0.2, 0) is 16.1 Å². The molecule has 1 aliphatic heterocycles. The van der Waals surface area contributed by atoms with Crippen LogP contribution in [0.2, 0.25) is 0 Å². The fourth-order valence-corrected chi connectivity index (χ4v) is 2.00. The minimum Gasteiger partial charge on any atom is -0.493 e. The van der Waals surface area contributed by atoms with Crippen molar-refractivity contribution in [3.63, 3.8) is 0 Å². The van der Waals surface area contributed by atoms with Gasteiger partial charge in [-0.15, -0.1) is 0 Å². The van der Waals surface area contributed by atoms with Crippen LogP contribution in [-0.4, -0.2) is 20.0 Å². The Bertz CT molecular complexity index is 445. The summed E-state index contributed by atoms with van der Waals surface area (Å²) in [5.41, 5.74) is -0.269. The van der Waals surface area contributed by atoms with Crippen molar-refractivity contribution in [1.82, 2.24) is 0 Å². The number of ether oxygens (including phenoxy) is 3. The molecule has 3 nitrogen and oxygen atoms in total. The van der Waals surface area contributed by atoms with E-state index in [9.17, 15) is 13.2 Å². The molecule has 2 rings (SSSR count). The van der Waals surface area contributed by atoms with Gasteiger partial charge >= 0.3 is 0 Å². The monoisotopic (exact) mass is 276 g/mol. The molecule has 1 aliphatic rings. The standard InChI is InChI=1S/C13H15F3O3/c1-17-13-8(12(16)9(14)6-10(13)15)7-19-11-4-2-3-5-18-11/h6,11H,2-5,7H2,1H3. The normalized spacial score (nSPS) is 19.5. The second kappa shape index (κ2) is 6.25. The van der Waals surface area contributed by atoms with Crippen molar-refractivity contribution in [3.8, 4) is 5.75 Å². The summed E-state index contributed by atoms with van der Waals surface area (Å²) in [6.45, 7) is 0.274. The highest BCUT2D eigenvalue weighted by atomic mass is 19.2. The number of rotatable bonds is 4. The lowest BCUT2D eigenvalue weighted by atomic mass is 10.1. The first-order valence-electron chi connectivity index (χ1n) is 6.07. The average Bonchev–Trinajstić information content (AvgIpc) is 2.42. The molecule has 1 aromatic rings. The second-order valence-corrected chi connectivity index (χ2v) is 4.27. The van der Waals surface area contributed by atoms with Crippen LogP contribution in [0.25, 0.3) is 0 Å². The van der Waals surface area contributed by atoms with E-state index in [0.29, 0.717) is 19.1 Å². The predicted octanol–water partition coefficient (Wildman–Crippen LogP) is 3.16. The number of benzene rings is 1. The van der Waals surface area contributed by atoms with Crippen LogP contribution in [0.1, 0.15) is 24.8 Å². The number of methoxy groups -OCH3 is 1. The Morgan fingerprint density at radius 1 is 1.26 bits per heavy atom. The Kier molecular flexibility index (Phi) is 4.66. The van der Waals surface area contributed by atoms with E-state index in [0.717, 1.165) is 12.8 Å². The van der Waals surface area contributed by atoms with Gasteiger partial charge in [0.2, 0.25) is 0 Å². The van der Waals surface area contributed by atoms with E-state index < -0.39 is 23.7 Å². The van der Waals surface area contributed by atoms with Crippen LogP contribution in [0.5, 0.6) is 5.75 Å². The molecule has 1 heterocycles. The summed E-state index contributed by atoms with van der Waals surface area (Å²) in [6.07, 6.45) is 2.11. The largest absolute Gasteiger partial charge is 0.493 e. The summed E-state index contributed by atoms with van der Waals surface area (Å²) in [5, 5.41) is 0. The molecule has 6 heteroatoms. The quantitative estimate of drug-likeness (QED) is 0.791. The summed E-state index contributed by atoms with van der Waals surface area (Å²) in [5.74, 6) is -3.71. The van der Waals surface area contributed by atoms with E-state index in [1.165, 1.54) is 7.11 Å². The maximum absolute atomic E-state index is 13.6. The molecule has 0 saturated carbocycles. The van der Waals surface area contributed by atoms with Crippen molar-refractivity contribution in [2.24, 2.45) is 0 Å². The van der Waals surface area contributed by atoms with Crippen LogP contribution in [0, 0.1) is 17.5 Å². The van der Waals surface area contributed by atoms with E-state index >= 15 is 0 Å². The maximum atomic E-state index is 13.6. The van der Waals surface area contributed by atoms with Crippen molar-refractivity contribution in [2.75, 3.05) is 13.7 Å². The van der Waals surface area contributed by atoms with Crippen LogP contribution in [0.15, 0.2) is 6.07 Å². The molecule has 0 spiro atoms. The van der Waals surface area contributed by atoms with Crippen molar-refractivity contribution in [2.45, 2.75) is 32.2 Å². The molecule has 1 aromatic carbocycles. The van der Waals surface area contributed by atoms with E-state index in [1.807, 2.05) is 0 Å². The molecule has 0 bridgehead atoms. The minimum absolute atomic E-state index is 0.269. The summed E-state index contributed by atoms with van der Waals surface area (Å²) in [4.78, 5) is 0. The van der Waals surface area contributed by atoms with Gasteiger partial charge in [-0.25, -0.2) is 13.2 Å². The van der Waals surface area contributed by atoms with E-state index in [1.54, 1.807) is 0 Å². The van der Waals surface area contributed by atoms with Gasteiger partial charge < -0.3 is 14.2 Å². The van der Waals surface area contributed by atoms with Gasteiger partial charge in [0.15, 0.2) is 29.5 Å². The molecule has 0 aromatic heterocycles. The van der Waals surface area contributed by atoms with E-state index in [4.69, 9.17) is 14.2 Å². The molecule has 106 valence electrons. The second-order valence-electron chi connectivity index (χ2n) is 4.27. The molecular formula is C13H15F3O3. The molecule has 0 aliphatic carbocycles. The Balaban J connectivity index is 2.13. The highest BCUT2D eigenvalue weighted by Crippen LogP contribution is 2.29. The third-order valence-corrected chi connectivity index (χ3v) is 2.97. The van der Waals surface area contributed by atoms with Crippen LogP contribution in [0.4, 0.5) is 13.2 Å². The van der Waals surface area contributed by atoms with Crippen LogP contribution >= 0.6 is 0 Å². The van der Waals surface area contributed by atoms with Crippen molar-refractivity contribution < 1.29 is 27.4 Å².